The van der Waals surface area contributed by atoms with Crippen molar-refractivity contribution in [3.05, 3.63) is 76.6 Å². The highest BCUT2D eigenvalue weighted by atomic mass is 16.6. The van der Waals surface area contributed by atoms with Crippen molar-refractivity contribution < 1.29 is 38.5 Å². The zero-order chi connectivity index (χ0) is 24.6. The maximum atomic E-state index is 13.2. The molecule has 1 unspecified atom stereocenters. The molecule has 1 aliphatic rings. The van der Waals surface area contributed by atoms with Crippen molar-refractivity contribution in [3.8, 4) is 17.2 Å². The van der Waals surface area contributed by atoms with Gasteiger partial charge in [-0.2, -0.15) is 0 Å². The first-order valence-corrected chi connectivity index (χ1v) is 10.5. The predicted octanol–water partition coefficient (Wildman–Crippen LogP) is 4.74. The number of carbonyl (C=O) groups is 3. The zero-order valence-electron chi connectivity index (χ0n) is 18.7. The van der Waals surface area contributed by atoms with E-state index in [1.165, 1.54) is 13.2 Å². The summed E-state index contributed by atoms with van der Waals surface area (Å²) in [6.07, 6.45) is 1.78. The molecule has 4 rings (SSSR count). The van der Waals surface area contributed by atoms with Crippen LogP contribution in [-0.4, -0.2) is 41.0 Å². The lowest BCUT2D eigenvalue weighted by Gasteiger charge is -2.23. The molecule has 1 aliphatic carbocycles. The van der Waals surface area contributed by atoms with Gasteiger partial charge in [-0.1, -0.05) is 11.6 Å². The highest BCUT2D eigenvalue weighted by Gasteiger charge is 2.36. The third kappa shape index (κ3) is 4.17. The summed E-state index contributed by atoms with van der Waals surface area (Å²) in [5.74, 6) is -2.57. The fraction of sp³-hybridized carbons (Fsp3) is 0.192. The molecule has 0 amide bonds. The Morgan fingerprint density at radius 1 is 1.06 bits per heavy atom. The van der Waals surface area contributed by atoms with E-state index >= 15 is 0 Å². The predicted molar refractivity (Wildman–Crippen MR) is 123 cm³/mol. The molecule has 2 aromatic carbocycles. The van der Waals surface area contributed by atoms with Crippen molar-refractivity contribution in [2.45, 2.75) is 26.4 Å². The third-order valence-electron chi connectivity index (χ3n) is 5.44. The number of ketones is 2. The molecule has 3 aromatic rings. The number of allylic oxidation sites excluding steroid dienone is 2. The average Bonchev–Trinajstić information content (AvgIpc) is 3.23. The lowest BCUT2D eigenvalue weighted by Crippen LogP contribution is -2.29. The number of hydrogen-bond acceptors (Lipinski definition) is 8. The Morgan fingerprint density at radius 3 is 2.44 bits per heavy atom. The quantitative estimate of drug-likeness (QED) is 0.306. The minimum atomic E-state index is -1.13. The summed E-state index contributed by atoms with van der Waals surface area (Å²) in [4.78, 5) is 38.9. The van der Waals surface area contributed by atoms with E-state index in [0.717, 1.165) is 23.8 Å². The van der Waals surface area contributed by atoms with Gasteiger partial charge in [-0.05, 0) is 56.3 Å². The Hall–Kier alpha value is -4.33. The van der Waals surface area contributed by atoms with Crippen LogP contribution in [0.15, 0.2) is 64.1 Å². The number of rotatable bonds is 6. The van der Waals surface area contributed by atoms with Crippen LogP contribution in [0.2, 0.25) is 0 Å². The summed E-state index contributed by atoms with van der Waals surface area (Å²) >= 11 is 0. The number of aromatic hydroxyl groups is 2. The number of fused-ring (bicyclic) bond motifs is 2. The molecule has 2 N–H and O–H groups in total. The van der Waals surface area contributed by atoms with Crippen LogP contribution < -0.4 is 4.74 Å². The molecule has 1 heterocycles. The smallest absolute Gasteiger partial charge is 0.374 e. The van der Waals surface area contributed by atoms with Crippen molar-refractivity contribution in [2.24, 2.45) is 0 Å². The standard InChI is InChI=1S/C26H22O8/c1-13(2)4-8-21(16-12-19(29)23-17(27)6-7-18(28)24(23)25(16)30)34-26(31)22-11-14-10-15(32-3)5-9-20(14)33-22/h4-7,9-12,21,27-28H,8H2,1-3H3. The number of ether oxygens (including phenoxy) is 2. The van der Waals surface area contributed by atoms with Gasteiger partial charge in [0, 0.05) is 17.4 Å². The molecule has 174 valence electrons. The van der Waals surface area contributed by atoms with Gasteiger partial charge in [0.05, 0.1) is 18.2 Å². The Kier molecular flexibility index (Phi) is 5.98. The molecule has 8 heteroatoms. The monoisotopic (exact) mass is 462 g/mol. The number of methoxy groups -OCH3 is 1. The summed E-state index contributed by atoms with van der Waals surface area (Å²) in [5.41, 5.74) is 0.643. The van der Waals surface area contributed by atoms with Crippen molar-refractivity contribution in [1.82, 2.24) is 0 Å². The van der Waals surface area contributed by atoms with Crippen LogP contribution in [0, 0.1) is 0 Å². The Bertz CT molecular complexity index is 1390. The van der Waals surface area contributed by atoms with Gasteiger partial charge in [0.15, 0.2) is 11.6 Å². The van der Waals surface area contributed by atoms with Crippen LogP contribution in [0.4, 0.5) is 0 Å². The van der Waals surface area contributed by atoms with E-state index in [9.17, 15) is 24.6 Å². The van der Waals surface area contributed by atoms with Gasteiger partial charge in [0.25, 0.3) is 0 Å². The van der Waals surface area contributed by atoms with Crippen molar-refractivity contribution >= 4 is 28.5 Å². The second kappa shape index (κ2) is 8.90. The Labute approximate surface area is 194 Å². The van der Waals surface area contributed by atoms with E-state index < -0.39 is 35.1 Å². The molecule has 0 bridgehead atoms. The van der Waals surface area contributed by atoms with Crippen molar-refractivity contribution in [2.75, 3.05) is 7.11 Å². The fourth-order valence-corrected chi connectivity index (χ4v) is 3.74. The molecule has 0 saturated heterocycles. The first kappa shape index (κ1) is 22.8. The topological polar surface area (TPSA) is 123 Å². The second-order valence-corrected chi connectivity index (χ2v) is 8.07. The molecule has 34 heavy (non-hydrogen) atoms. The number of hydrogen-bond donors (Lipinski definition) is 2. The third-order valence-corrected chi connectivity index (χ3v) is 5.44. The molecule has 0 fully saturated rings. The first-order chi connectivity index (χ1) is 16.2. The number of carbonyl (C=O) groups excluding carboxylic acids is 3. The van der Waals surface area contributed by atoms with E-state index in [2.05, 4.69) is 0 Å². The van der Waals surface area contributed by atoms with Crippen LogP contribution >= 0.6 is 0 Å². The highest BCUT2D eigenvalue weighted by Crippen LogP contribution is 2.36. The van der Waals surface area contributed by atoms with Crippen LogP contribution in [0.1, 0.15) is 51.5 Å². The van der Waals surface area contributed by atoms with Crippen LogP contribution in [-0.2, 0) is 4.74 Å². The highest BCUT2D eigenvalue weighted by molar-refractivity contribution is 6.27. The lowest BCUT2D eigenvalue weighted by molar-refractivity contribution is 0.0339. The summed E-state index contributed by atoms with van der Waals surface area (Å²) in [6, 6.07) is 8.81. The molecule has 8 nitrogen and oxygen atoms in total. The zero-order valence-corrected chi connectivity index (χ0v) is 18.7. The van der Waals surface area contributed by atoms with E-state index in [1.54, 1.807) is 24.3 Å². The number of phenolic OH excluding ortho intramolecular Hbond substituents is 2. The molecule has 0 radical (unpaired) electrons. The number of benzene rings is 2. The summed E-state index contributed by atoms with van der Waals surface area (Å²) in [6.45, 7) is 3.68. The van der Waals surface area contributed by atoms with Gasteiger partial charge >= 0.3 is 5.97 Å². The van der Waals surface area contributed by atoms with E-state index in [1.807, 2.05) is 13.8 Å². The molecular weight excluding hydrogens is 440 g/mol. The van der Waals surface area contributed by atoms with Gasteiger partial charge in [-0.15, -0.1) is 0 Å². The van der Waals surface area contributed by atoms with Gasteiger partial charge in [-0.3, -0.25) is 9.59 Å². The van der Waals surface area contributed by atoms with Crippen LogP contribution in [0.25, 0.3) is 11.0 Å². The number of esters is 1. The molecular formula is C26H22O8. The van der Waals surface area contributed by atoms with Crippen LogP contribution in [0.5, 0.6) is 17.2 Å². The Balaban J connectivity index is 1.69. The second-order valence-electron chi connectivity index (χ2n) is 8.07. The maximum Gasteiger partial charge on any atom is 0.374 e. The van der Waals surface area contributed by atoms with E-state index in [0.29, 0.717) is 16.7 Å². The van der Waals surface area contributed by atoms with E-state index in [4.69, 9.17) is 13.9 Å². The summed E-state index contributed by atoms with van der Waals surface area (Å²) < 4.78 is 16.4. The molecule has 0 saturated carbocycles. The molecule has 1 aromatic heterocycles. The molecule has 0 spiro atoms. The minimum absolute atomic E-state index is 0.0819. The van der Waals surface area contributed by atoms with Gasteiger partial charge in [-0.25, -0.2) is 4.79 Å². The number of phenols is 2. The number of furan rings is 1. The van der Waals surface area contributed by atoms with Crippen LogP contribution in [0.3, 0.4) is 0 Å². The minimum Gasteiger partial charge on any atom is -0.507 e. The van der Waals surface area contributed by atoms with Gasteiger partial charge in [0.1, 0.15) is 28.9 Å². The first-order valence-electron chi connectivity index (χ1n) is 10.5. The Morgan fingerprint density at radius 2 is 1.76 bits per heavy atom. The SMILES string of the molecule is COc1ccc2oc(C(=O)OC(CC=C(C)C)C3=CC(=O)c4c(O)ccc(O)c4C3=O)cc2c1. The summed E-state index contributed by atoms with van der Waals surface area (Å²) in [5, 5.41) is 20.9. The van der Waals surface area contributed by atoms with Gasteiger partial charge < -0.3 is 24.1 Å². The summed E-state index contributed by atoms with van der Waals surface area (Å²) in [7, 11) is 1.52. The molecule has 0 aliphatic heterocycles. The fourth-order valence-electron chi connectivity index (χ4n) is 3.74. The lowest BCUT2D eigenvalue weighted by atomic mass is 9.85. The van der Waals surface area contributed by atoms with E-state index in [-0.39, 0.29) is 28.9 Å². The van der Waals surface area contributed by atoms with Crippen molar-refractivity contribution in [3.63, 3.8) is 0 Å². The normalized spacial score (nSPS) is 13.8. The number of Topliss-reactive ketones (excluding diaryl/α,β-unsaturated/α-hetero) is 1. The largest absolute Gasteiger partial charge is 0.507 e. The van der Waals surface area contributed by atoms with Gasteiger partial charge in [0.2, 0.25) is 5.76 Å². The van der Waals surface area contributed by atoms with Crippen molar-refractivity contribution in [1.29, 1.82) is 0 Å². The molecule has 1 atom stereocenters. The average molecular weight is 462 g/mol. The maximum absolute atomic E-state index is 13.2.